The van der Waals surface area contributed by atoms with Gasteiger partial charge in [0.05, 0.1) is 5.56 Å². The van der Waals surface area contributed by atoms with Crippen LogP contribution in [0, 0.1) is 11.6 Å². The number of pyridine rings is 2. The second-order valence-electron chi connectivity index (χ2n) is 6.60. The van der Waals surface area contributed by atoms with Gasteiger partial charge in [0, 0.05) is 56.9 Å². The summed E-state index contributed by atoms with van der Waals surface area (Å²) in [6, 6.07) is 10.0. The van der Waals surface area contributed by atoms with Crippen molar-refractivity contribution in [3.63, 3.8) is 0 Å². The van der Waals surface area contributed by atoms with Crippen molar-refractivity contribution in [3.05, 3.63) is 95.6 Å². The first-order chi connectivity index (χ1) is 14.5. The summed E-state index contributed by atoms with van der Waals surface area (Å²) in [6.07, 6.45) is 6.67. The van der Waals surface area contributed by atoms with Gasteiger partial charge in [-0.25, -0.2) is 8.78 Å². The molecule has 2 amide bonds. The van der Waals surface area contributed by atoms with Crippen LogP contribution < -0.4 is 5.32 Å². The lowest BCUT2D eigenvalue weighted by atomic mass is 10.2. The molecule has 2 aromatic heterocycles. The van der Waals surface area contributed by atoms with E-state index in [-0.39, 0.29) is 24.4 Å². The molecule has 0 aliphatic heterocycles. The molecule has 1 N–H and O–H groups in total. The van der Waals surface area contributed by atoms with Crippen LogP contribution in [0.4, 0.5) is 8.78 Å². The van der Waals surface area contributed by atoms with Crippen LogP contribution in [0.3, 0.4) is 0 Å². The van der Waals surface area contributed by atoms with E-state index < -0.39 is 17.5 Å². The van der Waals surface area contributed by atoms with Gasteiger partial charge in [0.1, 0.15) is 11.6 Å². The van der Waals surface area contributed by atoms with Crippen LogP contribution in [-0.2, 0) is 17.9 Å². The third-order valence-corrected chi connectivity index (χ3v) is 4.37. The highest BCUT2D eigenvalue weighted by atomic mass is 19.1. The maximum atomic E-state index is 13.7. The normalized spacial score (nSPS) is 10.5. The summed E-state index contributed by atoms with van der Waals surface area (Å²) < 4.78 is 26.7. The van der Waals surface area contributed by atoms with Crippen LogP contribution in [-0.4, -0.2) is 33.2 Å². The number of hydrogen-bond donors (Lipinski definition) is 1. The molecule has 0 aliphatic carbocycles. The molecule has 154 valence electrons. The number of nitrogens with one attached hydrogen (secondary N) is 1. The number of benzene rings is 1. The van der Waals surface area contributed by atoms with Gasteiger partial charge in [-0.1, -0.05) is 6.07 Å². The van der Waals surface area contributed by atoms with Crippen LogP contribution >= 0.6 is 0 Å². The predicted octanol–water partition coefficient (Wildman–Crippen LogP) is 3.10. The minimum atomic E-state index is -0.949. The fraction of sp³-hybridized carbons (Fsp3) is 0.182. The molecule has 0 saturated carbocycles. The molecule has 30 heavy (non-hydrogen) atoms. The van der Waals surface area contributed by atoms with E-state index in [1.807, 2.05) is 18.2 Å². The Hall–Kier alpha value is -3.68. The van der Waals surface area contributed by atoms with E-state index in [4.69, 9.17) is 0 Å². The van der Waals surface area contributed by atoms with Gasteiger partial charge < -0.3 is 10.2 Å². The lowest BCUT2D eigenvalue weighted by Gasteiger charge is -2.23. The van der Waals surface area contributed by atoms with Gasteiger partial charge in [0.2, 0.25) is 5.91 Å². The molecule has 0 spiro atoms. The number of halogens is 2. The van der Waals surface area contributed by atoms with Crippen molar-refractivity contribution >= 4 is 11.8 Å². The average Bonchev–Trinajstić information content (AvgIpc) is 2.74. The fourth-order valence-electron chi connectivity index (χ4n) is 2.86. The Bertz CT molecular complexity index is 959. The molecular formula is C22H20F2N4O2. The van der Waals surface area contributed by atoms with E-state index in [2.05, 4.69) is 15.3 Å². The van der Waals surface area contributed by atoms with Gasteiger partial charge in [-0.2, -0.15) is 0 Å². The Morgan fingerprint density at radius 3 is 2.40 bits per heavy atom. The predicted molar refractivity (Wildman–Crippen MR) is 106 cm³/mol. The SMILES string of the molecule is O=C(NCCC(=O)N(Cc1ccncc1)Cc1cccnc1)c1ccc(F)cc1F. The van der Waals surface area contributed by atoms with E-state index in [1.54, 1.807) is 35.8 Å². The quantitative estimate of drug-likeness (QED) is 0.619. The Labute approximate surface area is 172 Å². The second kappa shape index (κ2) is 10.2. The minimum Gasteiger partial charge on any atom is -0.351 e. The molecule has 0 radical (unpaired) electrons. The highest BCUT2D eigenvalue weighted by Crippen LogP contribution is 2.11. The summed E-state index contributed by atoms with van der Waals surface area (Å²) in [6.45, 7) is 0.751. The first kappa shape index (κ1) is 21.0. The van der Waals surface area contributed by atoms with Crippen molar-refractivity contribution in [3.8, 4) is 0 Å². The van der Waals surface area contributed by atoms with E-state index >= 15 is 0 Å². The number of carbonyl (C=O) groups excluding carboxylic acids is 2. The van der Waals surface area contributed by atoms with Crippen molar-refractivity contribution in [1.29, 1.82) is 0 Å². The van der Waals surface area contributed by atoms with Crippen LogP contribution in [0.25, 0.3) is 0 Å². The minimum absolute atomic E-state index is 0.0222. The van der Waals surface area contributed by atoms with Gasteiger partial charge in [-0.3, -0.25) is 19.6 Å². The van der Waals surface area contributed by atoms with Gasteiger partial charge in [0.25, 0.3) is 5.91 Å². The van der Waals surface area contributed by atoms with E-state index in [0.717, 1.165) is 23.3 Å². The van der Waals surface area contributed by atoms with Crippen molar-refractivity contribution in [2.24, 2.45) is 0 Å². The molecule has 3 rings (SSSR count). The van der Waals surface area contributed by atoms with Crippen molar-refractivity contribution in [1.82, 2.24) is 20.2 Å². The molecule has 1 aromatic carbocycles. The summed E-state index contributed by atoms with van der Waals surface area (Å²) in [5.41, 5.74) is 1.52. The van der Waals surface area contributed by atoms with E-state index in [0.29, 0.717) is 19.2 Å². The van der Waals surface area contributed by atoms with Crippen molar-refractivity contribution < 1.29 is 18.4 Å². The molecule has 0 bridgehead atoms. The molecule has 0 aliphatic rings. The smallest absolute Gasteiger partial charge is 0.254 e. The fourth-order valence-corrected chi connectivity index (χ4v) is 2.86. The zero-order valence-corrected chi connectivity index (χ0v) is 16.1. The summed E-state index contributed by atoms with van der Waals surface area (Å²) in [7, 11) is 0. The zero-order valence-electron chi connectivity index (χ0n) is 16.1. The molecule has 0 saturated heterocycles. The van der Waals surface area contributed by atoms with Crippen molar-refractivity contribution in [2.45, 2.75) is 19.5 Å². The zero-order chi connectivity index (χ0) is 21.3. The Kier molecular flexibility index (Phi) is 7.15. The number of aromatic nitrogens is 2. The molecule has 8 heteroatoms. The topological polar surface area (TPSA) is 75.2 Å². The van der Waals surface area contributed by atoms with Crippen molar-refractivity contribution in [2.75, 3.05) is 6.54 Å². The lowest BCUT2D eigenvalue weighted by Crippen LogP contribution is -2.34. The molecule has 2 heterocycles. The third-order valence-electron chi connectivity index (χ3n) is 4.37. The maximum Gasteiger partial charge on any atom is 0.254 e. The summed E-state index contributed by atoms with van der Waals surface area (Å²) in [5, 5.41) is 2.50. The molecule has 6 nitrogen and oxygen atoms in total. The Balaban J connectivity index is 1.61. The van der Waals surface area contributed by atoms with E-state index in [9.17, 15) is 18.4 Å². The Morgan fingerprint density at radius 2 is 1.70 bits per heavy atom. The van der Waals surface area contributed by atoms with Gasteiger partial charge in [-0.15, -0.1) is 0 Å². The summed E-state index contributed by atoms with van der Waals surface area (Å²) >= 11 is 0. The molecular weight excluding hydrogens is 390 g/mol. The number of nitrogens with zero attached hydrogens (tertiary/aromatic N) is 3. The van der Waals surface area contributed by atoms with Crippen LogP contribution in [0.1, 0.15) is 27.9 Å². The largest absolute Gasteiger partial charge is 0.351 e. The number of carbonyl (C=O) groups is 2. The first-order valence-electron chi connectivity index (χ1n) is 9.32. The number of hydrogen-bond acceptors (Lipinski definition) is 4. The number of rotatable bonds is 8. The first-order valence-corrected chi connectivity index (χ1v) is 9.32. The third kappa shape index (κ3) is 5.91. The summed E-state index contributed by atoms with van der Waals surface area (Å²) in [5.74, 6) is -2.60. The second-order valence-corrected chi connectivity index (χ2v) is 6.60. The molecule has 0 fully saturated rings. The highest BCUT2D eigenvalue weighted by Gasteiger charge is 2.17. The maximum absolute atomic E-state index is 13.7. The molecule has 3 aromatic rings. The van der Waals surface area contributed by atoms with E-state index in [1.165, 1.54) is 0 Å². The summed E-state index contributed by atoms with van der Waals surface area (Å²) in [4.78, 5) is 34.6. The molecule has 0 unspecified atom stereocenters. The monoisotopic (exact) mass is 410 g/mol. The lowest BCUT2D eigenvalue weighted by molar-refractivity contribution is -0.132. The highest BCUT2D eigenvalue weighted by molar-refractivity contribution is 5.94. The standard InChI is InChI=1S/C22H20F2N4O2/c23-18-3-4-19(20(24)12-18)22(30)27-11-7-21(29)28(14-16-5-9-25-10-6-16)15-17-2-1-8-26-13-17/h1-6,8-10,12-13H,7,11,14-15H2,(H,27,30). The van der Waals surface area contributed by atoms with Gasteiger partial charge in [0.15, 0.2) is 0 Å². The van der Waals surface area contributed by atoms with Crippen LogP contribution in [0.15, 0.2) is 67.3 Å². The number of amides is 2. The van der Waals surface area contributed by atoms with Gasteiger partial charge in [-0.05, 0) is 41.5 Å². The van der Waals surface area contributed by atoms with Gasteiger partial charge >= 0.3 is 0 Å². The Morgan fingerprint density at radius 1 is 0.933 bits per heavy atom. The average molecular weight is 410 g/mol. The van der Waals surface area contributed by atoms with Crippen LogP contribution in [0.2, 0.25) is 0 Å². The van der Waals surface area contributed by atoms with Crippen LogP contribution in [0.5, 0.6) is 0 Å². The molecule has 0 atom stereocenters.